The van der Waals surface area contributed by atoms with E-state index in [-0.39, 0.29) is 30.1 Å². The molecule has 1 fully saturated rings. The van der Waals surface area contributed by atoms with Crippen molar-refractivity contribution < 1.29 is 13.0 Å². The molecule has 0 aromatic heterocycles. The van der Waals surface area contributed by atoms with Gasteiger partial charge in [0.15, 0.2) is 5.78 Å². The summed E-state index contributed by atoms with van der Waals surface area (Å²) < 4.78 is 43.7. The second-order valence-corrected chi connectivity index (χ2v) is 3.12. The molecule has 0 spiro atoms. The van der Waals surface area contributed by atoms with Gasteiger partial charge in [-0.05, 0) is 38.0 Å². The zero-order valence-electron chi connectivity index (χ0n) is 12.6. The maximum absolute atomic E-state index is 11.8. The number of hydrogen-bond acceptors (Lipinski definition) is 1. The fourth-order valence-corrected chi connectivity index (χ4v) is 1.34. The van der Waals surface area contributed by atoms with Gasteiger partial charge in [0.25, 0.3) is 0 Å². The van der Waals surface area contributed by atoms with E-state index in [4.69, 9.17) is 8.22 Å². The summed E-state index contributed by atoms with van der Waals surface area (Å²) in [6, 6.07) is 0. The Morgan fingerprint density at radius 1 is 1.64 bits per heavy atom. The second-order valence-electron chi connectivity index (χ2n) is 3.12. The van der Waals surface area contributed by atoms with Crippen molar-refractivity contribution >= 4 is 5.78 Å². The average Bonchev–Trinajstić information content (AvgIpc) is 2.04. The van der Waals surface area contributed by atoms with Gasteiger partial charge in [0.05, 0.1) is 0 Å². The first-order valence-electron chi connectivity index (χ1n) is 6.81. The Kier molecular flexibility index (Phi) is 0.997. The molecule has 1 heteroatoms. The lowest BCUT2D eigenvalue weighted by atomic mass is 9.84. The quantitative estimate of drug-likeness (QED) is 0.393. The molecule has 1 saturated carbocycles. The monoisotopic (exact) mass is 160 g/mol. The third kappa shape index (κ3) is 1.92. The van der Waals surface area contributed by atoms with Crippen molar-refractivity contribution in [3.05, 3.63) is 11.1 Å². The number of hydrogen-bond donors (Lipinski definition) is 0. The third-order valence-corrected chi connectivity index (χ3v) is 2.06. The average molecular weight is 160 g/mol. The third-order valence-electron chi connectivity index (χ3n) is 2.06. The molecule has 1 aliphatic carbocycles. The van der Waals surface area contributed by atoms with Gasteiger partial charge in [-0.15, -0.1) is 0 Å². The lowest BCUT2D eigenvalue weighted by Gasteiger charge is -2.19. The number of allylic oxidation sites excluding steroid dienone is 2. The minimum absolute atomic E-state index is 0.00287. The zero-order valence-corrected chi connectivity index (χ0v) is 6.61. The molecule has 0 unspecified atom stereocenters. The van der Waals surface area contributed by atoms with Gasteiger partial charge in [0, 0.05) is 14.6 Å². The lowest BCUT2D eigenvalue weighted by Crippen LogP contribution is -2.16. The molecule has 11 heavy (non-hydrogen) atoms. The molecule has 1 rings (SSSR count). The Morgan fingerprint density at radius 3 is 2.91 bits per heavy atom. The van der Waals surface area contributed by atoms with Crippen LogP contribution in [0.25, 0.3) is 0 Å². The molecule has 0 aromatic carbocycles. The van der Waals surface area contributed by atoms with Crippen LogP contribution in [0.2, 0.25) is 0 Å². The van der Waals surface area contributed by atoms with E-state index in [0.717, 1.165) is 0 Å². The number of carbonyl (C=O) groups is 1. The van der Waals surface area contributed by atoms with Crippen LogP contribution in [-0.2, 0) is 4.79 Å². The molecule has 0 aliphatic heterocycles. The van der Waals surface area contributed by atoms with E-state index in [0.29, 0.717) is 6.42 Å². The van der Waals surface area contributed by atoms with E-state index in [1.807, 2.05) is 6.92 Å². The Morgan fingerprint density at radius 2 is 2.36 bits per heavy atom. The normalized spacial score (nSPS) is 35.9. The van der Waals surface area contributed by atoms with Crippen molar-refractivity contribution in [1.29, 1.82) is 0 Å². The molecule has 0 bridgehead atoms. The van der Waals surface area contributed by atoms with Crippen LogP contribution in [0.1, 0.15) is 48.1 Å². The molecule has 0 radical (unpaired) electrons. The van der Waals surface area contributed by atoms with E-state index in [1.54, 1.807) is 0 Å². The minimum atomic E-state index is -2.73. The summed E-state index contributed by atoms with van der Waals surface area (Å²) in [6.45, 7) is -3.55. The largest absolute Gasteiger partial charge is 0.295 e. The molecule has 0 N–H and O–H groups in total. The number of rotatable bonds is 0. The molecule has 0 heterocycles. The zero-order chi connectivity index (χ0) is 13.4. The molecular weight excluding hydrogens is 138 g/mol. The summed E-state index contributed by atoms with van der Waals surface area (Å²) in [7, 11) is 0. The fraction of sp³-hybridized carbons (Fsp3) is 0.700. The first-order valence-corrected chi connectivity index (χ1v) is 3.81. The van der Waals surface area contributed by atoms with Gasteiger partial charge in [0.2, 0.25) is 0 Å². The number of Topliss-reactive ketones (excluding diaryl/α,β-unsaturated/α-hetero) is 1. The summed E-state index contributed by atoms with van der Waals surface area (Å²) in [5, 5.41) is 0. The van der Waals surface area contributed by atoms with Crippen LogP contribution in [0.4, 0.5) is 0 Å². The molecule has 1 nitrogen and oxygen atoms in total. The van der Waals surface area contributed by atoms with E-state index in [1.165, 1.54) is 0 Å². The van der Waals surface area contributed by atoms with Crippen LogP contribution in [0, 0.1) is 5.92 Å². The summed E-state index contributed by atoms with van der Waals surface area (Å²) in [6.07, 6.45) is 1.16. The summed E-state index contributed by atoms with van der Waals surface area (Å²) >= 11 is 0. The van der Waals surface area contributed by atoms with Crippen molar-refractivity contribution in [2.24, 2.45) is 5.92 Å². The molecule has 1 atom stereocenters. The van der Waals surface area contributed by atoms with Gasteiger partial charge in [-0.3, -0.25) is 4.79 Å². The van der Waals surface area contributed by atoms with Crippen LogP contribution >= 0.6 is 0 Å². The van der Waals surface area contributed by atoms with E-state index < -0.39 is 19.3 Å². The van der Waals surface area contributed by atoms with Gasteiger partial charge < -0.3 is 0 Å². The Bertz CT molecular complexity index is 333. The van der Waals surface area contributed by atoms with Crippen LogP contribution in [-0.4, -0.2) is 5.78 Å². The van der Waals surface area contributed by atoms with E-state index >= 15 is 0 Å². The summed E-state index contributed by atoms with van der Waals surface area (Å²) in [5.41, 5.74) is -0.634. The molecule has 1 aliphatic rings. The van der Waals surface area contributed by atoms with Crippen LogP contribution in [0.15, 0.2) is 11.1 Å². The van der Waals surface area contributed by atoms with Crippen LogP contribution < -0.4 is 0 Å². The SMILES string of the molecule is [2H]C([2H])([2H])C(=C1CC[C@@H](C)CC1=[18O])C([2H])([2H])[2H]. The predicted octanol–water partition coefficient (Wildman–Crippen LogP) is 2.71. The van der Waals surface area contributed by atoms with Gasteiger partial charge in [-0.1, -0.05) is 12.5 Å². The molecule has 0 amide bonds. The topological polar surface area (TPSA) is 17.1 Å². The first-order chi connectivity index (χ1) is 7.53. The number of ketones is 1. The van der Waals surface area contributed by atoms with Crippen molar-refractivity contribution in [2.45, 2.75) is 39.9 Å². The Labute approximate surface area is 76.9 Å². The van der Waals surface area contributed by atoms with Gasteiger partial charge in [-0.25, -0.2) is 0 Å². The van der Waals surface area contributed by atoms with Crippen LogP contribution in [0.5, 0.6) is 0 Å². The maximum atomic E-state index is 11.8. The predicted molar refractivity (Wildman–Crippen MR) is 46.4 cm³/mol. The highest BCUT2D eigenvalue weighted by atomic mass is 18.1. The molecule has 62 valence electrons. The second kappa shape index (κ2) is 3.21. The van der Waals surface area contributed by atoms with Crippen LogP contribution in [0.3, 0.4) is 0 Å². The molecule has 0 aromatic rings. The highest BCUT2D eigenvalue weighted by Crippen LogP contribution is 2.26. The van der Waals surface area contributed by atoms with Crippen molar-refractivity contribution in [1.82, 2.24) is 0 Å². The first kappa shape index (κ1) is 3.42. The van der Waals surface area contributed by atoms with Gasteiger partial charge >= 0.3 is 0 Å². The highest BCUT2D eigenvalue weighted by Gasteiger charge is 2.20. The molecular formula is C10H16O. The highest BCUT2D eigenvalue weighted by molar-refractivity contribution is 5.96. The smallest absolute Gasteiger partial charge is 0.159 e. The molecule has 0 saturated heterocycles. The van der Waals surface area contributed by atoms with E-state index in [2.05, 4.69) is 0 Å². The summed E-state index contributed by atoms with van der Waals surface area (Å²) in [4.78, 5) is 11.8. The Balaban J connectivity index is 3.25. The standard InChI is InChI=1S/C10H16O/c1-7(2)9-5-4-8(3)6-10(9)11/h8H,4-6H2,1-3H3/t8-/m1/s1/i1D3,2D3,11+2. The Hall–Kier alpha value is -0.590. The van der Waals surface area contributed by atoms with Gasteiger partial charge in [0.1, 0.15) is 0 Å². The van der Waals surface area contributed by atoms with Gasteiger partial charge in [-0.2, -0.15) is 0 Å². The van der Waals surface area contributed by atoms with Crippen molar-refractivity contribution in [3.8, 4) is 0 Å². The maximum Gasteiger partial charge on any atom is 0.159 e. The summed E-state index contributed by atoms with van der Waals surface area (Å²) in [5.74, 6) is -0.133. The lowest BCUT2D eigenvalue weighted by molar-refractivity contribution is -0.117. The van der Waals surface area contributed by atoms with Crippen molar-refractivity contribution in [2.75, 3.05) is 0 Å². The minimum Gasteiger partial charge on any atom is -0.295 e. The number of carbonyl (C=O) groups excluding carboxylic acids is 1. The fourth-order valence-electron chi connectivity index (χ4n) is 1.34. The van der Waals surface area contributed by atoms with E-state index in [9.17, 15) is 4.79 Å². The van der Waals surface area contributed by atoms with Crippen molar-refractivity contribution in [3.63, 3.8) is 0 Å².